The van der Waals surface area contributed by atoms with Crippen LogP contribution in [-0.4, -0.2) is 11.1 Å². The Balaban J connectivity index is 3.08. The van der Waals surface area contributed by atoms with Crippen LogP contribution in [0.5, 0.6) is 0 Å². The van der Waals surface area contributed by atoms with Crippen LogP contribution in [0.3, 0.4) is 0 Å². The molecule has 2 heteroatoms. The maximum absolute atomic E-state index is 10.4. The molecule has 0 radical (unpaired) electrons. The van der Waals surface area contributed by atoms with Gasteiger partial charge in [-0.1, -0.05) is 134 Å². The van der Waals surface area contributed by atoms with Crippen LogP contribution in [0.2, 0.25) is 0 Å². The molecular formula is C28H52O2. The highest BCUT2D eigenvalue weighted by Crippen LogP contribution is 2.14. The molecule has 0 atom stereocenters. The Morgan fingerprint density at radius 3 is 1.30 bits per heavy atom. The summed E-state index contributed by atoms with van der Waals surface area (Å²) in [6.07, 6.45) is 37.1. The van der Waals surface area contributed by atoms with E-state index in [1.807, 2.05) is 0 Å². The molecule has 0 aliphatic rings. The van der Waals surface area contributed by atoms with Gasteiger partial charge in [0.2, 0.25) is 0 Å². The summed E-state index contributed by atoms with van der Waals surface area (Å²) in [7, 11) is 0. The second-order valence-corrected chi connectivity index (χ2v) is 8.91. The van der Waals surface area contributed by atoms with Crippen molar-refractivity contribution in [2.24, 2.45) is 0 Å². The molecule has 2 nitrogen and oxygen atoms in total. The first kappa shape index (κ1) is 28.9. The van der Waals surface area contributed by atoms with E-state index in [2.05, 4.69) is 31.2 Å². The topological polar surface area (TPSA) is 37.3 Å². The van der Waals surface area contributed by atoms with E-state index in [-0.39, 0.29) is 0 Å². The van der Waals surface area contributed by atoms with E-state index in [0.29, 0.717) is 6.42 Å². The van der Waals surface area contributed by atoms with Gasteiger partial charge in [-0.15, -0.1) is 0 Å². The molecular weight excluding hydrogens is 368 g/mol. The first-order chi connectivity index (χ1) is 14.8. The summed E-state index contributed by atoms with van der Waals surface area (Å²) >= 11 is 0. The molecule has 0 amide bonds. The van der Waals surface area contributed by atoms with Gasteiger partial charge in [-0.2, -0.15) is 0 Å². The van der Waals surface area contributed by atoms with Crippen LogP contribution < -0.4 is 0 Å². The van der Waals surface area contributed by atoms with E-state index in [9.17, 15) is 4.79 Å². The third-order valence-corrected chi connectivity index (χ3v) is 5.82. The van der Waals surface area contributed by atoms with Crippen LogP contribution in [0.1, 0.15) is 148 Å². The predicted molar refractivity (Wildman–Crippen MR) is 133 cm³/mol. The number of carboxylic acid groups (broad SMARTS) is 1. The van der Waals surface area contributed by atoms with Crippen LogP contribution >= 0.6 is 0 Å². The molecule has 0 rings (SSSR count). The molecule has 0 aliphatic carbocycles. The molecule has 176 valence electrons. The second-order valence-electron chi connectivity index (χ2n) is 8.91. The lowest BCUT2D eigenvalue weighted by Gasteiger charge is -2.03. The highest BCUT2D eigenvalue weighted by Gasteiger charge is 1.97. The Morgan fingerprint density at radius 2 is 0.900 bits per heavy atom. The zero-order chi connectivity index (χ0) is 22.0. The minimum atomic E-state index is -0.653. The fourth-order valence-electron chi connectivity index (χ4n) is 3.86. The van der Waals surface area contributed by atoms with Gasteiger partial charge in [-0.05, 0) is 32.1 Å². The van der Waals surface area contributed by atoms with Crippen molar-refractivity contribution >= 4 is 5.97 Å². The fourth-order valence-corrected chi connectivity index (χ4v) is 3.86. The molecule has 0 aliphatic heterocycles. The zero-order valence-corrected chi connectivity index (χ0v) is 20.2. The van der Waals surface area contributed by atoms with E-state index < -0.39 is 5.97 Å². The van der Waals surface area contributed by atoms with E-state index in [0.717, 1.165) is 19.3 Å². The molecule has 0 bridgehead atoms. The van der Waals surface area contributed by atoms with Gasteiger partial charge in [0.05, 0.1) is 0 Å². The van der Waals surface area contributed by atoms with Crippen molar-refractivity contribution in [3.63, 3.8) is 0 Å². The first-order valence-corrected chi connectivity index (χ1v) is 13.3. The number of hydrogen-bond donors (Lipinski definition) is 1. The maximum atomic E-state index is 10.4. The largest absolute Gasteiger partial charge is 0.481 e. The van der Waals surface area contributed by atoms with E-state index in [1.54, 1.807) is 0 Å². The molecule has 0 spiro atoms. The van der Waals surface area contributed by atoms with Gasteiger partial charge >= 0.3 is 5.97 Å². The highest BCUT2D eigenvalue weighted by atomic mass is 16.4. The fraction of sp³-hybridized carbons (Fsp3) is 0.821. The first-order valence-electron chi connectivity index (χ1n) is 13.3. The number of unbranched alkanes of at least 4 members (excludes halogenated alkanes) is 18. The standard InChI is InChI=1S/C28H52O2/c1-2-3-4-5-6-7-8-9-10-11-12-13-14-15-16-17-18-19-20-21-22-23-24-25-26-27-28(29)30/h4-5,7-8H,2-3,6,9-27H2,1H3,(H,29,30). The van der Waals surface area contributed by atoms with Crippen molar-refractivity contribution in [3.8, 4) is 0 Å². The van der Waals surface area contributed by atoms with Crippen molar-refractivity contribution in [2.45, 2.75) is 148 Å². The monoisotopic (exact) mass is 420 g/mol. The maximum Gasteiger partial charge on any atom is 0.303 e. The normalized spacial score (nSPS) is 11.8. The smallest absolute Gasteiger partial charge is 0.303 e. The van der Waals surface area contributed by atoms with Crippen LogP contribution in [0.25, 0.3) is 0 Å². The Morgan fingerprint density at radius 1 is 0.533 bits per heavy atom. The average molecular weight is 421 g/mol. The lowest BCUT2D eigenvalue weighted by atomic mass is 10.0. The molecule has 1 N–H and O–H groups in total. The van der Waals surface area contributed by atoms with Gasteiger partial charge in [-0.3, -0.25) is 4.79 Å². The molecule has 0 aromatic rings. The number of carbonyl (C=O) groups is 1. The molecule has 0 unspecified atom stereocenters. The number of allylic oxidation sites excluding steroid dienone is 4. The Bertz CT molecular complexity index is 397. The molecule has 0 heterocycles. The number of hydrogen-bond acceptors (Lipinski definition) is 1. The third-order valence-electron chi connectivity index (χ3n) is 5.82. The zero-order valence-electron chi connectivity index (χ0n) is 20.2. The summed E-state index contributed by atoms with van der Waals surface area (Å²) in [5.74, 6) is -0.653. The number of aliphatic carboxylic acids is 1. The molecule has 0 fully saturated rings. The summed E-state index contributed by atoms with van der Waals surface area (Å²) in [4.78, 5) is 10.4. The van der Waals surface area contributed by atoms with Crippen molar-refractivity contribution in [1.29, 1.82) is 0 Å². The van der Waals surface area contributed by atoms with Crippen LogP contribution in [0, 0.1) is 0 Å². The van der Waals surface area contributed by atoms with Crippen molar-refractivity contribution in [1.82, 2.24) is 0 Å². The van der Waals surface area contributed by atoms with Crippen molar-refractivity contribution in [3.05, 3.63) is 24.3 Å². The second kappa shape index (κ2) is 26.0. The van der Waals surface area contributed by atoms with Gasteiger partial charge in [0.25, 0.3) is 0 Å². The minimum absolute atomic E-state index is 0.342. The summed E-state index contributed by atoms with van der Waals surface area (Å²) < 4.78 is 0. The van der Waals surface area contributed by atoms with Gasteiger partial charge < -0.3 is 5.11 Å². The molecule has 30 heavy (non-hydrogen) atoms. The lowest BCUT2D eigenvalue weighted by Crippen LogP contribution is -1.93. The quantitative estimate of drug-likeness (QED) is 0.125. The number of carboxylic acids is 1. The van der Waals surface area contributed by atoms with E-state index in [4.69, 9.17) is 5.11 Å². The summed E-state index contributed by atoms with van der Waals surface area (Å²) in [6, 6.07) is 0. The SMILES string of the molecule is CCCC=CCC=CCCCCCCCCCCCCCCCCCCCC(=O)O. The van der Waals surface area contributed by atoms with E-state index >= 15 is 0 Å². The molecule has 0 saturated heterocycles. The Hall–Kier alpha value is -1.05. The van der Waals surface area contributed by atoms with Gasteiger partial charge in [-0.25, -0.2) is 0 Å². The van der Waals surface area contributed by atoms with Gasteiger partial charge in [0.1, 0.15) is 0 Å². The Labute approximate surface area is 188 Å². The number of rotatable bonds is 24. The summed E-state index contributed by atoms with van der Waals surface area (Å²) in [5, 5.41) is 8.59. The van der Waals surface area contributed by atoms with Gasteiger partial charge in [0.15, 0.2) is 0 Å². The highest BCUT2D eigenvalue weighted by molar-refractivity contribution is 5.66. The molecule has 0 aromatic heterocycles. The third kappa shape index (κ3) is 27.0. The predicted octanol–water partition coefficient (Wildman–Crippen LogP) is 9.79. The van der Waals surface area contributed by atoms with Crippen LogP contribution in [0.4, 0.5) is 0 Å². The minimum Gasteiger partial charge on any atom is -0.481 e. The van der Waals surface area contributed by atoms with Crippen molar-refractivity contribution in [2.75, 3.05) is 0 Å². The summed E-state index contributed by atoms with van der Waals surface area (Å²) in [6.45, 7) is 2.22. The average Bonchev–Trinajstić information content (AvgIpc) is 2.73. The van der Waals surface area contributed by atoms with E-state index in [1.165, 1.54) is 116 Å². The summed E-state index contributed by atoms with van der Waals surface area (Å²) in [5.41, 5.74) is 0. The molecule has 0 saturated carbocycles. The van der Waals surface area contributed by atoms with Crippen LogP contribution in [-0.2, 0) is 4.79 Å². The van der Waals surface area contributed by atoms with Crippen LogP contribution in [0.15, 0.2) is 24.3 Å². The molecule has 0 aromatic carbocycles. The Kier molecular flexibility index (Phi) is 25.1. The van der Waals surface area contributed by atoms with Crippen molar-refractivity contribution < 1.29 is 9.90 Å². The van der Waals surface area contributed by atoms with Gasteiger partial charge in [0, 0.05) is 6.42 Å². The lowest BCUT2D eigenvalue weighted by molar-refractivity contribution is -0.137.